The SMILES string of the molecule is CCCCc1ccc(C(C)Nc2ccc(F)nc2)cc1. The lowest BCUT2D eigenvalue weighted by Crippen LogP contribution is -2.07. The summed E-state index contributed by atoms with van der Waals surface area (Å²) in [7, 11) is 0. The van der Waals surface area contributed by atoms with Crippen LogP contribution in [0.3, 0.4) is 0 Å². The van der Waals surface area contributed by atoms with Crippen molar-refractivity contribution in [2.75, 3.05) is 5.32 Å². The summed E-state index contributed by atoms with van der Waals surface area (Å²) in [6.45, 7) is 4.29. The van der Waals surface area contributed by atoms with Crippen molar-refractivity contribution >= 4 is 5.69 Å². The zero-order chi connectivity index (χ0) is 14.4. The standard InChI is InChI=1S/C17H21FN2/c1-3-4-5-14-6-8-15(9-7-14)13(2)20-16-10-11-17(18)19-12-16/h6-13,20H,3-5H2,1-2H3. The first-order chi connectivity index (χ1) is 9.69. The van der Waals surface area contributed by atoms with E-state index in [9.17, 15) is 4.39 Å². The van der Waals surface area contributed by atoms with Crippen LogP contribution in [0.4, 0.5) is 10.1 Å². The number of hydrogen-bond donors (Lipinski definition) is 1. The van der Waals surface area contributed by atoms with E-state index in [1.54, 1.807) is 6.07 Å². The maximum absolute atomic E-state index is 12.8. The predicted molar refractivity (Wildman–Crippen MR) is 81.3 cm³/mol. The van der Waals surface area contributed by atoms with Gasteiger partial charge >= 0.3 is 0 Å². The minimum Gasteiger partial charge on any atom is -0.377 e. The fourth-order valence-electron chi connectivity index (χ4n) is 2.15. The Morgan fingerprint density at radius 2 is 1.90 bits per heavy atom. The smallest absolute Gasteiger partial charge is 0.212 e. The number of nitrogens with zero attached hydrogens (tertiary/aromatic N) is 1. The van der Waals surface area contributed by atoms with Gasteiger partial charge in [0.15, 0.2) is 0 Å². The Kier molecular flexibility index (Phi) is 5.10. The van der Waals surface area contributed by atoms with Crippen molar-refractivity contribution in [3.8, 4) is 0 Å². The topological polar surface area (TPSA) is 24.9 Å². The molecule has 1 unspecified atom stereocenters. The summed E-state index contributed by atoms with van der Waals surface area (Å²) >= 11 is 0. The van der Waals surface area contributed by atoms with Crippen LogP contribution < -0.4 is 5.32 Å². The van der Waals surface area contributed by atoms with Crippen molar-refractivity contribution in [3.63, 3.8) is 0 Å². The van der Waals surface area contributed by atoms with E-state index in [0.29, 0.717) is 0 Å². The second-order valence-corrected chi connectivity index (χ2v) is 5.08. The van der Waals surface area contributed by atoms with Gasteiger partial charge in [0.1, 0.15) is 0 Å². The number of halogens is 1. The molecule has 3 heteroatoms. The highest BCUT2D eigenvalue weighted by Gasteiger charge is 2.05. The van der Waals surface area contributed by atoms with Gasteiger partial charge in [-0.25, -0.2) is 4.98 Å². The van der Waals surface area contributed by atoms with Gasteiger partial charge in [-0.3, -0.25) is 0 Å². The molecule has 20 heavy (non-hydrogen) atoms. The van der Waals surface area contributed by atoms with Crippen molar-refractivity contribution in [1.82, 2.24) is 4.98 Å². The highest BCUT2D eigenvalue weighted by molar-refractivity contribution is 5.43. The normalized spacial score (nSPS) is 12.2. The Morgan fingerprint density at radius 3 is 2.50 bits per heavy atom. The molecule has 1 atom stereocenters. The fourth-order valence-corrected chi connectivity index (χ4v) is 2.15. The summed E-state index contributed by atoms with van der Waals surface area (Å²) in [6.07, 6.45) is 5.10. The molecule has 1 heterocycles. The molecule has 2 aromatic rings. The quantitative estimate of drug-likeness (QED) is 0.768. The number of aryl methyl sites for hydroxylation is 1. The van der Waals surface area contributed by atoms with Gasteiger partial charge in [0.05, 0.1) is 11.9 Å². The molecule has 0 aliphatic carbocycles. The summed E-state index contributed by atoms with van der Waals surface area (Å²) in [5, 5.41) is 3.32. The Hall–Kier alpha value is -1.90. The van der Waals surface area contributed by atoms with Crippen molar-refractivity contribution in [2.45, 2.75) is 39.2 Å². The lowest BCUT2D eigenvalue weighted by atomic mass is 10.0. The van der Waals surface area contributed by atoms with Crippen LogP contribution in [0.25, 0.3) is 0 Å². The van der Waals surface area contributed by atoms with Gasteiger partial charge in [-0.1, -0.05) is 37.6 Å². The van der Waals surface area contributed by atoms with Crippen molar-refractivity contribution < 1.29 is 4.39 Å². The van der Waals surface area contributed by atoms with Gasteiger partial charge in [0, 0.05) is 6.04 Å². The van der Waals surface area contributed by atoms with Crippen LogP contribution >= 0.6 is 0 Å². The minimum absolute atomic E-state index is 0.169. The van der Waals surface area contributed by atoms with E-state index in [2.05, 4.69) is 48.4 Å². The first-order valence-electron chi connectivity index (χ1n) is 7.16. The van der Waals surface area contributed by atoms with Gasteiger partial charge in [-0.05, 0) is 43.0 Å². The number of benzene rings is 1. The number of unbranched alkanes of at least 4 members (excludes halogenated alkanes) is 1. The first-order valence-corrected chi connectivity index (χ1v) is 7.16. The van der Waals surface area contributed by atoms with E-state index in [0.717, 1.165) is 12.1 Å². The number of rotatable bonds is 6. The second kappa shape index (κ2) is 7.04. The highest BCUT2D eigenvalue weighted by atomic mass is 19.1. The molecule has 0 saturated carbocycles. The van der Waals surface area contributed by atoms with Crippen molar-refractivity contribution in [3.05, 3.63) is 59.7 Å². The molecular weight excluding hydrogens is 251 g/mol. The maximum atomic E-state index is 12.8. The van der Waals surface area contributed by atoms with Crippen molar-refractivity contribution in [2.24, 2.45) is 0 Å². The molecule has 0 amide bonds. The molecule has 1 aromatic carbocycles. The minimum atomic E-state index is -0.455. The van der Waals surface area contributed by atoms with Crippen LogP contribution in [0.1, 0.15) is 43.9 Å². The van der Waals surface area contributed by atoms with Crippen LogP contribution in [0, 0.1) is 5.95 Å². The summed E-state index contributed by atoms with van der Waals surface area (Å²) in [5.74, 6) is -0.455. The highest BCUT2D eigenvalue weighted by Crippen LogP contribution is 2.19. The van der Waals surface area contributed by atoms with E-state index in [-0.39, 0.29) is 6.04 Å². The molecule has 0 bridgehead atoms. The van der Waals surface area contributed by atoms with Crippen molar-refractivity contribution in [1.29, 1.82) is 0 Å². The molecule has 106 valence electrons. The van der Waals surface area contributed by atoms with E-state index in [1.165, 1.54) is 36.2 Å². The third kappa shape index (κ3) is 4.05. The van der Waals surface area contributed by atoms with Gasteiger partial charge in [0.2, 0.25) is 5.95 Å². The third-order valence-electron chi connectivity index (χ3n) is 3.41. The van der Waals surface area contributed by atoms with Crippen LogP contribution in [0.15, 0.2) is 42.6 Å². The summed E-state index contributed by atoms with van der Waals surface area (Å²) in [4.78, 5) is 3.64. The Morgan fingerprint density at radius 1 is 1.15 bits per heavy atom. The van der Waals surface area contributed by atoms with E-state index < -0.39 is 5.95 Å². The van der Waals surface area contributed by atoms with Gasteiger partial charge in [0.25, 0.3) is 0 Å². The van der Waals surface area contributed by atoms with Gasteiger partial charge < -0.3 is 5.32 Å². The molecule has 2 rings (SSSR count). The van der Waals surface area contributed by atoms with E-state index >= 15 is 0 Å². The first kappa shape index (κ1) is 14.5. The molecule has 2 nitrogen and oxygen atoms in total. The number of anilines is 1. The van der Waals surface area contributed by atoms with Crippen LogP contribution in [-0.2, 0) is 6.42 Å². The maximum Gasteiger partial charge on any atom is 0.212 e. The molecular formula is C17H21FN2. The molecule has 0 saturated heterocycles. The molecule has 0 fully saturated rings. The Labute approximate surface area is 120 Å². The molecule has 0 radical (unpaired) electrons. The second-order valence-electron chi connectivity index (χ2n) is 5.08. The average molecular weight is 272 g/mol. The third-order valence-corrected chi connectivity index (χ3v) is 3.41. The van der Waals surface area contributed by atoms with Gasteiger partial charge in [-0.2, -0.15) is 4.39 Å². The summed E-state index contributed by atoms with van der Waals surface area (Å²) in [5.41, 5.74) is 3.43. The van der Waals surface area contributed by atoms with Crippen LogP contribution in [0.5, 0.6) is 0 Å². The predicted octanol–water partition coefficient (Wildman–Crippen LogP) is 4.74. The number of hydrogen-bond acceptors (Lipinski definition) is 2. The number of nitrogens with one attached hydrogen (secondary N) is 1. The van der Waals surface area contributed by atoms with Gasteiger partial charge in [-0.15, -0.1) is 0 Å². The number of pyridine rings is 1. The lowest BCUT2D eigenvalue weighted by Gasteiger charge is -2.16. The fraction of sp³-hybridized carbons (Fsp3) is 0.353. The average Bonchev–Trinajstić information content (AvgIpc) is 2.48. The van der Waals surface area contributed by atoms with Crippen LogP contribution in [0.2, 0.25) is 0 Å². The Balaban J connectivity index is 1.98. The molecule has 1 N–H and O–H groups in total. The molecule has 0 aliphatic heterocycles. The molecule has 0 aliphatic rings. The summed E-state index contributed by atoms with van der Waals surface area (Å²) < 4.78 is 12.8. The van der Waals surface area contributed by atoms with Crippen LogP contribution in [-0.4, -0.2) is 4.98 Å². The zero-order valence-corrected chi connectivity index (χ0v) is 12.1. The number of aromatic nitrogens is 1. The molecule has 1 aromatic heterocycles. The zero-order valence-electron chi connectivity index (χ0n) is 12.1. The lowest BCUT2D eigenvalue weighted by molar-refractivity contribution is 0.584. The monoisotopic (exact) mass is 272 g/mol. The largest absolute Gasteiger partial charge is 0.377 e. The Bertz CT molecular complexity index is 520. The molecule has 0 spiro atoms. The summed E-state index contributed by atoms with van der Waals surface area (Å²) in [6, 6.07) is 11.9. The van der Waals surface area contributed by atoms with E-state index in [4.69, 9.17) is 0 Å². The van der Waals surface area contributed by atoms with E-state index in [1.807, 2.05) is 0 Å².